The van der Waals surface area contributed by atoms with Crippen molar-refractivity contribution < 1.29 is 14.2 Å². The zero-order chi connectivity index (χ0) is 14.9. The van der Waals surface area contributed by atoms with Crippen molar-refractivity contribution >= 4 is 22.1 Å². The van der Waals surface area contributed by atoms with Crippen molar-refractivity contribution in [2.45, 2.75) is 0 Å². The van der Waals surface area contributed by atoms with Gasteiger partial charge < -0.3 is 19.5 Å². The Hall–Kier alpha value is -2.95. The summed E-state index contributed by atoms with van der Waals surface area (Å²) in [7, 11) is 1.66. The van der Waals surface area contributed by atoms with Crippen molar-refractivity contribution in [2.24, 2.45) is 0 Å². The highest BCUT2D eigenvalue weighted by Crippen LogP contribution is 2.37. The summed E-state index contributed by atoms with van der Waals surface area (Å²) in [6.07, 6.45) is 3.57. The Morgan fingerprint density at radius 3 is 2.86 bits per heavy atom. The highest BCUT2D eigenvalue weighted by Gasteiger charge is 2.14. The van der Waals surface area contributed by atoms with E-state index in [1.54, 1.807) is 19.5 Å². The third-order valence-electron chi connectivity index (χ3n) is 3.65. The quantitative estimate of drug-likeness (QED) is 0.798. The number of nitrogens with one attached hydrogen (secondary N) is 1. The van der Waals surface area contributed by atoms with E-state index in [0.717, 1.165) is 39.4 Å². The first-order chi connectivity index (χ1) is 10.8. The smallest absolute Gasteiger partial charge is 0.231 e. The number of benzene rings is 2. The van der Waals surface area contributed by atoms with E-state index in [1.807, 2.05) is 36.4 Å². The lowest BCUT2D eigenvalue weighted by Crippen LogP contribution is -1.94. The fraction of sp³-hybridized carbons (Fsp3) is 0.118. The number of aromatic nitrogens is 1. The van der Waals surface area contributed by atoms with Crippen LogP contribution < -0.4 is 19.5 Å². The summed E-state index contributed by atoms with van der Waals surface area (Å²) in [6.45, 7) is 0.274. The van der Waals surface area contributed by atoms with E-state index in [1.165, 1.54) is 0 Å². The Labute approximate surface area is 127 Å². The minimum absolute atomic E-state index is 0.274. The standard InChI is InChI=1S/C17H14N2O3/c1-20-15-5-3-14(12-6-7-18-9-13(12)15)19-11-2-4-16-17(8-11)22-10-21-16/h2-9,19H,10H2,1H3. The molecule has 0 radical (unpaired) electrons. The Kier molecular flexibility index (Phi) is 2.96. The molecule has 0 saturated carbocycles. The zero-order valence-electron chi connectivity index (χ0n) is 12.0. The highest BCUT2D eigenvalue weighted by atomic mass is 16.7. The van der Waals surface area contributed by atoms with Crippen molar-refractivity contribution in [2.75, 3.05) is 19.2 Å². The normalized spacial score (nSPS) is 12.4. The minimum atomic E-state index is 0.274. The number of hydrogen-bond acceptors (Lipinski definition) is 5. The molecule has 0 unspecified atom stereocenters. The maximum Gasteiger partial charge on any atom is 0.231 e. The van der Waals surface area contributed by atoms with Crippen LogP contribution in [-0.2, 0) is 0 Å². The van der Waals surface area contributed by atoms with Gasteiger partial charge in [0.1, 0.15) is 5.75 Å². The molecule has 0 bridgehead atoms. The van der Waals surface area contributed by atoms with Crippen molar-refractivity contribution in [3.05, 3.63) is 48.8 Å². The molecule has 0 fully saturated rings. The molecule has 1 aliphatic heterocycles. The molecule has 0 saturated heterocycles. The van der Waals surface area contributed by atoms with Crippen LogP contribution in [0.1, 0.15) is 0 Å². The number of rotatable bonds is 3. The molecule has 1 N–H and O–H groups in total. The molecule has 5 nitrogen and oxygen atoms in total. The Morgan fingerprint density at radius 1 is 1.05 bits per heavy atom. The van der Waals surface area contributed by atoms with Crippen molar-refractivity contribution in [1.29, 1.82) is 0 Å². The van der Waals surface area contributed by atoms with E-state index in [9.17, 15) is 0 Å². The fourth-order valence-electron chi connectivity index (χ4n) is 2.58. The van der Waals surface area contributed by atoms with Gasteiger partial charge in [0, 0.05) is 40.6 Å². The molecule has 3 aromatic rings. The summed E-state index contributed by atoms with van der Waals surface area (Å²) in [4.78, 5) is 4.17. The molecular formula is C17H14N2O3. The van der Waals surface area contributed by atoms with Gasteiger partial charge in [-0.15, -0.1) is 0 Å². The van der Waals surface area contributed by atoms with Crippen molar-refractivity contribution in [3.63, 3.8) is 0 Å². The van der Waals surface area contributed by atoms with Gasteiger partial charge in [0.2, 0.25) is 6.79 Å². The van der Waals surface area contributed by atoms with Gasteiger partial charge in [-0.25, -0.2) is 0 Å². The van der Waals surface area contributed by atoms with Gasteiger partial charge in [0.05, 0.1) is 7.11 Å². The summed E-state index contributed by atoms with van der Waals surface area (Å²) in [5, 5.41) is 5.43. The van der Waals surface area contributed by atoms with E-state index >= 15 is 0 Å². The Morgan fingerprint density at radius 2 is 1.95 bits per heavy atom. The first-order valence-corrected chi connectivity index (χ1v) is 6.92. The third kappa shape index (κ3) is 2.07. The average Bonchev–Trinajstić information content (AvgIpc) is 3.03. The largest absolute Gasteiger partial charge is 0.496 e. The molecular weight excluding hydrogens is 280 g/mol. The Bertz CT molecular complexity index is 848. The van der Waals surface area contributed by atoms with E-state index in [4.69, 9.17) is 14.2 Å². The third-order valence-corrected chi connectivity index (χ3v) is 3.65. The monoisotopic (exact) mass is 294 g/mol. The highest BCUT2D eigenvalue weighted by molar-refractivity contribution is 5.98. The van der Waals surface area contributed by atoms with Crippen LogP contribution in [0.25, 0.3) is 10.8 Å². The summed E-state index contributed by atoms with van der Waals surface area (Å²) in [6, 6.07) is 11.7. The van der Waals surface area contributed by atoms with Gasteiger partial charge in [0.25, 0.3) is 0 Å². The number of pyridine rings is 1. The van der Waals surface area contributed by atoms with Crippen LogP contribution in [0.4, 0.5) is 11.4 Å². The molecule has 0 spiro atoms. The second-order valence-corrected chi connectivity index (χ2v) is 4.93. The molecule has 2 heterocycles. The Balaban J connectivity index is 1.76. The number of fused-ring (bicyclic) bond motifs is 2. The maximum atomic E-state index is 5.41. The topological polar surface area (TPSA) is 52.6 Å². The molecule has 5 heteroatoms. The number of anilines is 2. The summed E-state index contributed by atoms with van der Waals surface area (Å²) >= 11 is 0. The lowest BCUT2D eigenvalue weighted by Gasteiger charge is -2.12. The van der Waals surface area contributed by atoms with Crippen LogP contribution in [0, 0.1) is 0 Å². The molecule has 1 aromatic heterocycles. The average molecular weight is 294 g/mol. The van der Waals surface area contributed by atoms with Gasteiger partial charge in [-0.1, -0.05) is 0 Å². The lowest BCUT2D eigenvalue weighted by molar-refractivity contribution is 0.174. The van der Waals surface area contributed by atoms with Crippen LogP contribution in [-0.4, -0.2) is 18.9 Å². The first kappa shape index (κ1) is 12.8. The van der Waals surface area contributed by atoms with Gasteiger partial charge in [0.15, 0.2) is 11.5 Å². The summed E-state index contributed by atoms with van der Waals surface area (Å²) in [5.74, 6) is 2.33. The molecule has 0 atom stereocenters. The number of nitrogens with zero attached hydrogens (tertiary/aromatic N) is 1. The summed E-state index contributed by atoms with van der Waals surface area (Å²) in [5.41, 5.74) is 1.92. The molecule has 2 aromatic carbocycles. The number of methoxy groups -OCH3 is 1. The van der Waals surface area contributed by atoms with Crippen LogP contribution in [0.5, 0.6) is 17.2 Å². The minimum Gasteiger partial charge on any atom is -0.496 e. The van der Waals surface area contributed by atoms with E-state index in [-0.39, 0.29) is 6.79 Å². The fourth-order valence-corrected chi connectivity index (χ4v) is 2.58. The van der Waals surface area contributed by atoms with E-state index < -0.39 is 0 Å². The van der Waals surface area contributed by atoms with Crippen LogP contribution >= 0.6 is 0 Å². The van der Waals surface area contributed by atoms with Gasteiger partial charge in [-0.05, 0) is 30.3 Å². The molecule has 1 aliphatic rings. The van der Waals surface area contributed by atoms with Crippen LogP contribution in [0.3, 0.4) is 0 Å². The molecule has 4 rings (SSSR count). The zero-order valence-corrected chi connectivity index (χ0v) is 12.0. The molecule has 110 valence electrons. The molecule has 0 aliphatic carbocycles. The maximum absolute atomic E-state index is 5.41. The second kappa shape index (κ2) is 5.11. The van der Waals surface area contributed by atoms with Crippen LogP contribution in [0.15, 0.2) is 48.8 Å². The lowest BCUT2D eigenvalue weighted by atomic mass is 10.1. The SMILES string of the molecule is COc1ccc(Nc2ccc3c(c2)OCO3)c2ccncc12. The van der Waals surface area contributed by atoms with Crippen molar-refractivity contribution in [1.82, 2.24) is 4.98 Å². The summed E-state index contributed by atoms with van der Waals surface area (Å²) < 4.78 is 16.1. The van der Waals surface area contributed by atoms with Crippen LogP contribution in [0.2, 0.25) is 0 Å². The number of hydrogen-bond donors (Lipinski definition) is 1. The molecule has 0 amide bonds. The van der Waals surface area contributed by atoms with Crippen molar-refractivity contribution in [3.8, 4) is 17.2 Å². The van der Waals surface area contributed by atoms with Gasteiger partial charge >= 0.3 is 0 Å². The van der Waals surface area contributed by atoms with Gasteiger partial charge in [-0.2, -0.15) is 0 Å². The van der Waals surface area contributed by atoms with E-state index in [2.05, 4.69) is 10.3 Å². The second-order valence-electron chi connectivity index (χ2n) is 4.93. The predicted octanol–water partition coefficient (Wildman–Crippen LogP) is 3.72. The van der Waals surface area contributed by atoms with Gasteiger partial charge in [-0.3, -0.25) is 4.98 Å². The van der Waals surface area contributed by atoms with E-state index in [0.29, 0.717) is 0 Å². The first-order valence-electron chi connectivity index (χ1n) is 6.92. The number of ether oxygens (including phenoxy) is 3. The molecule has 22 heavy (non-hydrogen) atoms. The predicted molar refractivity (Wildman–Crippen MR) is 84.1 cm³/mol.